The summed E-state index contributed by atoms with van der Waals surface area (Å²) in [5.41, 5.74) is 2.83. The Kier molecular flexibility index (Phi) is 4.84. The second kappa shape index (κ2) is 6.40. The summed E-state index contributed by atoms with van der Waals surface area (Å²) in [6.45, 7) is 2.03. The van der Waals surface area contributed by atoms with Crippen LogP contribution in [0.3, 0.4) is 0 Å². The van der Waals surface area contributed by atoms with E-state index in [0.717, 1.165) is 5.56 Å². The molecule has 2 aromatic carbocycles. The highest BCUT2D eigenvalue weighted by Gasteiger charge is 2.16. The highest BCUT2D eigenvalue weighted by molar-refractivity contribution is 6.31. The van der Waals surface area contributed by atoms with Crippen molar-refractivity contribution in [2.45, 2.75) is 19.3 Å². The van der Waals surface area contributed by atoms with Crippen molar-refractivity contribution >= 4 is 23.2 Å². The third-order valence-electron chi connectivity index (χ3n) is 3.21. The molecule has 0 fully saturated rings. The standard InChI is InChI=1S/C16H15Cl2F/c1-11-4-2-5-12(8-11)13(10-17)9-14-15(18)6-3-7-16(14)19/h2-8,13H,9-10H2,1H3. The SMILES string of the molecule is Cc1cccc(C(CCl)Cc2c(F)cccc2Cl)c1. The first kappa shape index (κ1) is 14.4. The van der Waals surface area contributed by atoms with Crippen LogP contribution >= 0.6 is 23.2 Å². The van der Waals surface area contributed by atoms with Crippen molar-refractivity contribution < 1.29 is 4.39 Å². The molecule has 1 atom stereocenters. The zero-order valence-electron chi connectivity index (χ0n) is 10.7. The highest BCUT2D eigenvalue weighted by Crippen LogP contribution is 2.28. The second-order valence-corrected chi connectivity index (χ2v) is 5.39. The van der Waals surface area contributed by atoms with Crippen molar-refractivity contribution in [2.24, 2.45) is 0 Å². The van der Waals surface area contributed by atoms with Gasteiger partial charge in [-0.1, -0.05) is 47.5 Å². The minimum Gasteiger partial charge on any atom is -0.207 e. The van der Waals surface area contributed by atoms with Gasteiger partial charge in [0.25, 0.3) is 0 Å². The quantitative estimate of drug-likeness (QED) is 0.667. The van der Waals surface area contributed by atoms with E-state index in [2.05, 4.69) is 6.07 Å². The Morgan fingerprint density at radius 2 is 1.89 bits per heavy atom. The van der Waals surface area contributed by atoms with Crippen molar-refractivity contribution in [3.63, 3.8) is 0 Å². The van der Waals surface area contributed by atoms with Gasteiger partial charge in [0.2, 0.25) is 0 Å². The van der Waals surface area contributed by atoms with E-state index in [1.165, 1.54) is 11.6 Å². The van der Waals surface area contributed by atoms with Crippen LogP contribution in [0.5, 0.6) is 0 Å². The fourth-order valence-electron chi connectivity index (χ4n) is 2.16. The molecule has 0 bridgehead atoms. The van der Waals surface area contributed by atoms with Gasteiger partial charge in [-0.2, -0.15) is 0 Å². The summed E-state index contributed by atoms with van der Waals surface area (Å²) in [7, 11) is 0. The van der Waals surface area contributed by atoms with E-state index in [0.29, 0.717) is 22.9 Å². The van der Waals surface area contributed by atoms with E-state index in [9.17, 15) is 4.39 Å². The number of hydrogen-bond acceptors (Lipinski definition) is 0. The lowest BCUT2D eigenvalue weighted by molar-refractivity contribution is 0.598. The van der Waals surface area contributed by atoms with Crippen LogP contribution in [0.4, 0.5) is 4.39 Å². The Labute approximate surface area is 123 Å². The van der Waals surface area contributed by atoms with Crippen LogP contribution in [0, 0.1) is 12.7 Å². The van der Waals surface area contributed by atoms with Gasteiger partial charge in [0.1, 0.15) is 5.82 Å². The molecule has 0 saturated heterocycles. The maximum Gasteiger partial charge on any atom is 0.127 e. The molecule has 2 aromatic rings. The molecular formula is C16H15Cl2F. The van der Waals surface area contributed by atoms with Gasteiger partial charge in [-0.15, -0.1) is 11.6 Å². The summed E-state index contributed by atoms with van der Waals surface area (Å²) in [6, 6.07) is 12.9. The van der Waals surface area contributed by atoms with Crippen molar-refractivity contribution in [3.8, 4) is 0 Å². The molecule has 0 aromatic heterocycles. The topological polar surface area (TPSA) is 0 Å². The van der Waals surface area contributed by atoms with Gasteiger partial charge in [-0.05, 0) is 31.0 Å². The summed E-state index contributed by atoms with van der Waals surface area (Å²) >= 11 is 12.1. The van der Waals surface area contributed by atoms with Crippen molar-refractivity contribution in [1.82, 2.24) is 0 Å². The fourth-order valence-corrected chi connectivity index (χ4v) is 2.69. The Bertz CT molecular complexity index is 546. The molecule has 0 nitrogen and oxygen atoms in total. The smallest absolute Gasteiger partial charge is 0.127 e. The first-order valence-electron chi connectivity index (χ1n) is 6.17. The van der Waals surface area contributed by atoms with Gasteiger partial charge in [0.05, 0.1) is 0 Å². The second-order valence-electron chi connectivity index (χ2n) is 4.67. The predicted octanol–water partition coefficient (Wildman–Crippen LogP) is 5.35. The van der Waals surface area contributed by atoms with Gasteiger partial charge in [-0.3, -0.25) is 0 Å². The highest BCUT2D eigenvalue weighted by atomic mass is 35.5. The van der Waals surface area contributed by atoms with Crippen LogP contribution in [0.15, 0.2) is 42.5 Å². The summed E-state index contributed by atoms with van der Waals surface area (Å²) in [4.78, 5) is 0. The van der Waals surface area contributed by atoms with E-state index >= 15 is 0 Å². The van der Waals surface area contributed by atoms with Crippen LogP contribution in [-0.4, -0.2) is 5.88 Å². The zero-order valence-corrected chi connectivity index (χ0v) is 12.2. The molecule has 0 N–H and O–H groups in total. The summed E-state index contributed by atoms with van der Waals surface area (Å²) < 4.78 is 13.8. The third-order valence-corrected chi connectivity index (χ3v) is 3.94. The van der Waals surface area contributed by atoms with E-state index in [4.69, 9.17) is 23.2 Å². The van der Waals surface area contributed by atoms with Crippen molar-refractivity contribution in [1.29, 1.82) is 0 Å². The Morgan fingerprint density at radius 1 is 1.16 bits per heavy atom. The predicted molar refractivity (Wildman–Crippen MR) is 79.8 cm³/mol. The van der Waals surface area contributed by atoms with E-state index < -0.39 is 0 Å². The van der Waals surface area contributed by atoms with E-state index in [1.807, 2.05) is 25.1 Å². The first-order chi connectivity index (χ1) is 9.11. The van der Waals surface area contributed by atoms with Crippen molar-refractivity contribution in [3.05, 3.63) is 70.0 Å². The minimum atomic E-state index is -0.268. The summed E-state index contributed by atoms with van der Waals surface area (Å²) in [6.07, 6.45) is 0.512. The van der Waals surface area contributed by atoms with Crippen LogP contribution in [0.25, 0.3) is 0 Å². The summed E-state index contributed by atoms with van der Waals surface area (Å²) in [5.74, 6) is 0.236. The van der Waals surface area contributed by atoms with E-state index in [1.54, 1.807) is 12.1 Å². The molecule has 100 valence electrons. The molecule has 19 heavy (non-hydrogen) atoms. The average Bonchev–Trinajstić information content (AvgIpc) is 2.38. The molecule has 2 rings (SSSR count). The Hall–Kier alpha value is -1.05. The lowest BCUT2D eigenvalue weighted by atomic mass is 9.92. The Balaban J connectivity index is 2.29. The molecule has 0 aliphatic heterocycles. The van der Waals surface area contributed by atoms with Crippen LogP contribution in [0.2, 0.25) is 5.02 Å². The number of alkyl halides is 1. The molecule has 0 saturated carbocycles. The lowest BCUT2D eigenvalue weighted by Gasteiger charge is -2.16. The van der Waals surface area contributed by atoms with E-state index in [-0.39, 0.29) is 11.7 Å². The van der Waals surface area contributed by atoms with Crippen LogP contribution in [-0.2, 0) is 6.42 Å². The normalized spacial score (nSPS) is 12.4. The monoisotopic (exact) mass is 296 g/mol. The molecule has 3 heteroatoms. The maximum absolute atomic E-state index is 13.8. The first-order valence-corrected chi connectivity index (χ1v) is 7.08. The minimum absolute atomic E-state index is 0.0657. The lowest BCUT2D eigenvalue weighted by Crippen LogP contribution is -2.07. The molecule has 0 spiro atoms. The van der Waals surface area contributed by atoms with Crippen LogP contribution in [0.1, 0.15) is 22.6 Å². The number of halogens is 3. The number of rotatable bonds is 4. The maximum atomic E-state index is 13.8. The molecule has 0 aliphatic carbocycles. The van der Waals surface area contributed by atoms with Gasteiger partial charge in [0, 0.05) is 22.4 Å². The van der Waals surface area contributed by atoms with Crippen LogP contribution < -0.4 is 0 Å². The molecule has 0 radical (unpaired) electrons. The van der Waals surface area contributed by atoms with Crippen molar-refractivity contribution in [2.75, 3.05) is 5.88 Å². The van der Waals surface area contributed by atoms with Gasteiger partial charge in [-0.25, -0.2) is 4.39 Å². The molecule has 1 unspecified atom stereocenters. The van der Waals surface area contributed by atoms with Gasteiger partial charge < -0.3 is 0 Å². The number of aryl methyl sites for hydroxylation is 1. The molecule has 0 amide bonds. The van der Waals surface area contributed by atoms with Gasteiger partial charge in [0.15, 0.2) is 0 Å². The van der Waals surface area contributed by atoms with Gasteiger partial charge >= 0.3 is 0 Å². The Morgan fingerprint density at radius 3 is 2.53 bits per heavy atom. The average molecular weight is 297 g/mol. The molecule has 0 heterocycles. The largest absolute Gasteiger partial charge is 0.207 e. The molecular weight excluding hydrogens is 282 g/mol. The number of benzene rings is 2. The number of hydrogen-bond donors (Lipinski definition) is 0. The fraction of sp³-hybridized carbons (Fsp3) is 0.250. The molecule has 0 aliphatic rings. The zero-order chi connectivity index (χ0) is 13.8. The third kappa shape index (κ3) is 3.49. The summed E-state index contributed by atoms with van der Waals surface area (Å²) in [5, 5.41) is 0.461.